The molecule has 1 saturated carbocycles. The van der Waals surface area contributed by atoms with Gasteiger partial charge in [0, 0.05) is 19.7 Å². The monoisotopic (exact) mass is 284 g/mol. The first-order chi connectivity index (χ1) is 9.68. The Kier molecular flexibility index (Phi) is 5.64. The number of carboxylic acid groups (broad SMARTS) is 1. The highest BCUT2D eigenvalue weighted by Crippen LogP contribution is 2.26. The lowest BCUT2D eigenvalue weighted by Gasteiger charge is -2.30. The number of urea groups is 1. The van der Waals surface area contributed by atoms with Crippen molar-refractivity contribution in [1.82, 2.24) is 10.2 Å². The second-order valence-corrected chi connectivity index (χ2v) is 5.62. The molecule has 2 N–H and O–H groups in total. The Bertz CT molecular complexity index is 334. The van der Waals surface area contributed by atoms with Crippen LogP contribution in [0.25, 0.3) is 0 Å². The number of nitrogens with one attached hydrogen (secondary N) is 1. The molecule has 20 heavy (non-hydrogen) atoms. The van der Waals surface area contributed by atoms with Crippen LogP contribution in [0.15, 0.2) is 0 Å². The minimum Gasteiger partial charge on any atom is -0.480 e. The highest BCUT2D eigenvalue weighted by molar-refractivity contribution is 5.82. The molecule has 6 heteroatoms. The summed E-state index contributed by atoms with van der Waals surface area (Å²) in [6, 6.07) is -1.03. The van der Waals surface area contributed by atoms with Gasteiger partial charge in [-0.2, -0.15) is 0 Å². The minimum atomic E-state index is -0.920. The van der Waals surface area contributed by atoms with Crippen LogP contribution in [0.2, 0.25) is 0 Å². The van der Waals surface area contributed by atoms with Crippen LogP contribution in [-0.2, 0) is 9.53 Å². The van der Waals surface area contributed by atoms with E-state index in [1.54, 1.807) is 4.90 Å². The summed E-state index contributed by atoms with van der Waals surface area (Å²) in [5.74, 6) is -0.857. The molecule has 114 valence electrons. The zero-order chi connectivity index (χ0) is 14.4. The summed E-state index contributed by atoms with van der Waals surface area (Å²) in [5.41, 5.74) is 0. The van der Waals surface area contributed by atoms with Gasteiger partial charge < -0.3 is 20.1 Å². The third kappa shape index (κ3) is 4.10. The van der Waals surface area contributed by atoms with E-state index in [0.717, 1.165) is 32.1 Å². The first kappa shape index (κ1) is 15.1. The van der Waals surface area contributed by atoms with Crippen LogP contribution in [-0.4, -0.2) is 54.4 Å². The van der Waals surface area contributed by atoms with E-state index in [0.29, 0.717) is 26.3 Å². The molecule has 2 aliphatic rings. The van der Waals surface area contributed by atoms with Gasteiger partial charge in [-0.1, -0.05) is 19.3 Å². The molecule has 6 nitrogen and oxygen atoms in total. The summed E-state index contributed by atoms with van der Waals surface area (Å²) in [6.45, 7) is 2.34. The lowest BCUT2D eigenvalue weighted by molar-refractivity contribution is -0.141. The Morgan fingerprint density at radius 3 is 2.55 bits per heavy atom. The molecule has 0 aromatic carbocycles. The molecule has 0 radical (unpaired) electrons. The van der Waals surface area contributed by atoms with Gasteiger partial charge in [-0.15, -0.1) is 0 Å². The Morgan fingerprint density at radius 2 is 1.85 bits per heavy atom. The molecule has 2 amide bonds. The lowest BCUT2D eigenvalue weighted by Crippen LogP contribution is -2.52. The van der Waals surface area contributed by atoms with Gasteiger partial charge >= 0.3 is 12.0 Å². The molecule has 0 bridgehead atoms. The summed E-state index contributed by atoms with van der Waals surface area (Å²) < 4.78 is 5.31. The number of carboxylic acids is 1. The molecule has 2 fully saturated rings. The summed E-state index contributed by atoms with van der Waals surface area (Å²) in [4.78, 5) is 25.3. The number of ether oxygens (including phenoxy) is 1. The van der Waals surface area contributed by atoms with Gasteiger partial charge in [-0.3, -0.25) is 0 Å². The summed E-state index contributed by atoms with van der Waals surface area (Å²) in [6.07, 6.45) is 5.86. The second kappa shape index (κ2) is 7.47. The first-order valence-electron chi connectivity index (χ1n) is 7.54. The molecule has 0 aromatic heterocycles. The molecule has 1 aliphatic carbocycles. The summed E-state index contributed by atoms with van der Waals surface area (Å²) >= 11 is 0. The third-order valence-electron chi connectivity index (χ3n) is 4.18. The highest BCUT2D eigenvalue weighted by atomic mass is 16.5. The number of hydrogen-bond acceptors (Lipinski definition) is 3. The molecule has 1 aliphatic heterocycles. The molecule has 0 spiro atoms. The van der Waals surface area contributed by atoms with Crippen molar-refractivity contribution in [2.24, 2.45) is 5.92 Å². The fourth-order valence-electron chi connectivity index (χ4n) is 3.02. The van der Waals surface area contributed by atoms with E-state index in [4.69, 9.17) is 4.74 Å². The van der Waals surface area contributed by atoms with Gasteiger partial charge in [-0.25, -0.2) is 9.59 Å². The standard InChI is InChI=1S/C14H24N2O4/c17-13(18)12(11-5-2-1-3-6-11)15-14(19)16-7-4-9-20-10-8-16/h11-12H,1-10H2,(H,15,19)(H,17,18). The van der Waals surface area contributed by atoms with Gasteiger partial charge in [-0.05, 0) is 25.2 Å². The molecular formula is C14H24N2O4. The average molecular weight is 284 g/mol. The average Bonchev–Trinajstić information content (AvgIpc) is 2.74. The Balaban J connectivity index is 1.92. The fourth-order valence-corrected chi connectivity index (χ4v) is 3.02. The molecule has 1 saturated heterocycles. The molecule has 1 unspecified atom stereocenters. The Hall–Kier alpha value is -1.30. The van der Waals surface area contributed by atoms with Crippen LogP contribution in [0, 0.1) is 5.92 Å². The number of aliphatic carboxylic acids is 1. The van der Waals surface area contributed by atoms with Crippen molar-refractivity contribution < 1.29 is 19.4 Å². The molecule has 2 rings (SSSR count). The topological polar surface area (TPSA) is 78.9 Å². The van der Waals surface area contributed by atoms with Crippen molar-refractivity contribution in [1.29, 1.82) is 0 Å². The van der Waals surface area contributed by atoms with Crippen LogP contribution >= 0.6 is 0 Å². The molecular weight excluding hydrogens is 260 g/mol. The van der Waals surface area contributed by atoms with Gasteiger partial charge in [0.05, 0.1) is 6.61 Å². The zero-order valence-corrected chi connectivity index (χ0v) is 11.8. The number of hydrogen-bond donors (Lipinski definition) is 2. The van der Waals surface area contributed by atoms with E-state index in [1.165, 1.54) is 6.42 Å². The van der Waals surface area contributed by atoms with E-state index < -0.39 is 12.0 Å². The van der Waals surface area contributed by atoms with Gasteiger partial charge in [0.1, 0.15) is 6.04 Å². The largest absolute Gasteiger partial charge is 0.480 e. The van der Waals surface area contributed by atoms with E-state index in [1.807, 2.05) is 0 Å². The summed E-state index contributed by atoms with van der Waals surface area (Å²) in [5, 5.41) is 12.1. The second-order valence-electron chi connectivity index (χ2n) is 5.62. The lowest BCUT2D eigenvalue weighted by atomic mass is 9.84. The highest BCUT2D eigenvalue weighted by Gasteiger charge is 2.32. The maximum absolute atomic E-state index is 12.2. The van der Waals surface area contributed by atoms with E-state index >= 15 is 0 Å². The maximum atomic E-state index is 12.2. The molecule has 1 heterocycles. The van der Waals surface area contributed by atoms with Crippen molar-refractivity contribution >= 4 is 12.0 Å². The number of amides is 2. The number of nitrogens with zero attached hydrogens (tertiary/aromatic N) is 1. The van der Waals surface area contributed by atoms with Gasteiger partial charge in [0.25, 0.3) is 0 Å². The Labute approximate surface area is 119 Å². The zero-order valence-electron chi connectivity index (χ0n) is 11.8. The van der Waals surface area contributed by atoms with Crippen LogP contribution in [0.5, 0.6) is 0 Å². The van der Waals surface area contributed by atoms with Crippen molar-refractivity contribution in [2.45, 2.75) is 44.6 Å². The molecule has 0 aromatic rings. The van der Waals surface area contributed by atoms with E-state index in [-0.39, 0.29) is 11.9 Å². The SMILES string of the molecule is O=C(O)C(NC(=O)N1CCCOCC1)C1CCCCC1. The first-order valence-corrected chi connectivity index (χ1v) is 7.54. The Morgan fingerprint density at radius 1 is 1.10 bits per heavy atom. The van der Waals surface area contributed by atoms with Crippen LogP contribution < -0.4 is 5.32 Å². The van der Waals surface area contributed by atoms with Crippen LogP contribution in [0.1, 0.15) is 38.5 Å². The summed E-state index contributed by atoms with van der Waals surface area (Å²) in [7, 11) is 0. The van der Waals surface area contributed by atoms with Crippen LogP contribution in [0.3, 0.4) is 0 Å². The number of carbonyl (C=O) groups excluding carboxylic acids is 1. The van der Waals surface area contributed by atoms with Gasteiger partial charge in [0.2, 0.25) is 0 Å². The van der Waals surface area contributed by atoms with E-state index in [2.05, 4.69) is 5.32 Å². The van der Waals surface area contributed by atoms with Crippen LogP contribution in [0.4, 0.5) is 4.79 Å². The van der Waals surface area contributed by atoms with Crippen molar-refractivity contribution in [3.63, 3.8) is 0 Å². The molecule has 1 atom stereocenters. The normalized spacial score (nSPS) is 22.9. The quantitative estimate of drug-likeness (QED) is 0.822. The smallest absolute Gasteiger partial charge is 0.326 e. The van der Waals surface area contributed by atoms with Gasteiger partial charge in [0.15, 0.2) is 0 Å². The van der Waals surface area contributed by atoms with E-state index in [9.17, 15) is 14.7 Å². The third-order valence-corrected chi connectivity index (χ3v) is 4.18. The van der Waals surface area contributed by atoms with Crippen molar-refractivity contribution in [3.8, 4) is 0 Å². The number of rotatable bonds is 3. The minimum absolute atomic E-state index is 0.0634. The predicted octanol–water partition coefficient (Wildman–Crippen LogP) is 1.45. The van der Waals surface area contributed by atoms with Crippen molar-refractivity contribution in [2.75, 3.05) is 26.3 Å². The van der Waals surface area contributed by atoms with Crippen molar-refractivity contribution in [3.05, 3.63) is 0 Å². The predicted molar refractivity (Wildman–Crippen MR) is 73.5 cm³/mol. The number of carbonyl (C=O) groups is 2. The fraction of sp³-hybridized carbons (Fsp3) is 0.857. The maximum Gasteiger partial charge on any atom is 0.326 e.